The van der Waals surface area contributed by atoms with Gasteiger partial charge in [-0.3, -0.25) is 10.1 Å². The average molecular weight is 395 g/mol. The number of non-ortho nitro benzene ring substituents is 1. The molecule has 0 fully saturated rings. The third-order valence-electron chi connectivity index (χ3n) is 3.50. The van der Waals surface area contributed by atoms with Gasteiger partial charge in [-0.05, 0) is 50.2 Å². The maximum absolute atomic E-state index is 10.6. The van der Waals surface area contributed by atoms with Gasteiger partial charge in [-0.15, -0.1) is 23.2 Å². The zero-order valence-electron chi connectivity index (χ0n) is 14.5. The van der Waals surface area contributed by atoms with E-state index < -0.39 is 4.92 Å². The van der Waals surface area contributed by atoms with Gasteiger partial charge < -0.3 is 4.90 Å². The van der Waals surface area contributed by atoms with E-state index in [1.807, 2.05) is 38.1 Å². The smallest absolute Gasteiger partial charge is 0.269 e. The first kappa shape index (κ1) is 20.1. The van der Waals surface area contributed by atoms with Crippen molar-refractivity contribution >= 4 is 46.0 Å². The highest BCUT2D eigenvalue weighted by molar-refractivity contribution is 6.21. The standard InChI is InChI=1S/C18H20Cl2N4O2/c1-13(19)11-23(12-14(2)20)17-7-3-15(4-8-17)21-22-16-5-9-18(10-6-16)24(25)26/h3-10,13-14H,11-12H2,1-2H3. The number of rotatable bonds is 8. The minimum Gasteiger partial charge on any atom is -0.369 e. The lowest BCUT2D eigenvalue weighted by molar-refractivity contribution is -0.384. The number of alkyl halides is 2. The molecule has 0 saturated carbocycles. The van der Waals surface area contributed by atoms with Crippen LogP contribution in [-0.4, -0.2) is 28.8 Å². The maximum atomic E-state index is 10.6. The van der Waals surface area contributed by atoms with E-state index in [-0.39, 0.29) is 16.4 Å². The third kappa shape index (κ3) is 6.28. The summed E-state index contributed by atoms with van der Waals surface area (Å²) in [6.07, 6.45) is 0. The number of hydrogen-bond acceptors (Lipinski definition) is 5. The van der Waals surface area contributed by atoms with Crippen LogP contribution < -0.4 is 4.90 Å². The van der Waals surface area contributed by atoms with Gasteiger partial charge in [0.05, 0.1) is 16.3 Å². The first-order chi connectivity index (χ1) is 12.3. The topological polar surface area (TPSA) is 71.1 Å². The summed E-state index contributed by atoms with van der Waals surface area (Å²) >= 11 is 12.2. The molecule has 0 bridgehead atoms. The monoisotopic (exact) mass is 394 g/mol. The summed E-state index contributed by atoms with van der Waals surface area (Å²) in [6, 6.07) is 13.5. The number of halogens is 2. The molecule has 2 aromatic rings. The molecule has 0 aromatic heterocycles. The Hall–Kier alpha value is -2.18. The lowest BCUT2D eigenvalue weighted by atomic mass is 10.2. The Morgan fingerprint density at radius 3 is 1.73 bits per heavy atom. The van der Waals surface area contributed by atoms with Crippen molar-refractivity contribution in [2.75, 3.05) is 18.0 Å². The summed E-state index contributed by atoms with van der Waals surface area (Å²) in [6.45, 7) is 5.28. The van der Waals surface area contributed by atoms with Gasteiger partial charge in [-0.1, -0.05) is 0 Å². The van der Waals surface area contributed by atoms with Crippen molar-refractivity contribution in [1.29, 1.82) is 0 Å². The second kappa shape index (κ2) is 9.50. The van der Waals surface area contributed by atoms with Crippen molar-refractivity contribution in [2.45, 2.75) is 24.6 Å². The van der Waals surface area contributed by atoms with Crippen LogP contribution in [0.2, 0.25) is 0 Å². The molecule has 0 spiro atoms. The number of benzene rings is 2. The predicted molar refractivity (Wildman–Crippen MR) is 107 cm³/mol. The van der Waals surface area contributed by atoms with Gasteiger partial charge >= 0.3 is 0 Å². The first-order valence-electron chi connectivity index (χ1n) is 8.14. The summed E-state index contributed by atoms with van der Waals surface area (Å²) in [5, 5.41) is 18.9. The van der Waals surface area contributed by atoms with Crippen LogP contribution >= 0.6 is 23.2 Å². The number of hydrogen-bond donors (Lipinski definition) is 0. The first-order valence-corrected chi connectivity index (χ1v) is 9.02. The fourth-order valence-electron chi connectivity index (χ4n) is 2.38. The van der Waals surface area contributed by atoms with Crippen LogP contribution in [0.3, 0.4) is 0 Å². The van der Waals surface area contributed by atoms with E-state index >= 15 is 0 Å². The van der Waals surface area contributed by atoms with Crippen molar-refractivity contribution in [1.82, 2.24) is 0 Å². The Bertz CT molecular complexity index is 737. The highest BCUT2D eigenvalue weighted by Gasteiger charge is 2.12. The quantitative estimate of drug-likeness (QED) is 0.236. The Labute approximate surface area is 162 Å². The average Bonchev–Trinajstić information content (AvgIpc) is 2.59. The maximum Gasteiger partial charge on any atom is 0.269 e. The molecule has 26 heavy (non-hydrogen) atoms. The SMILES string of the molecule is CC(Cl)CN(CC(C)Cl)c1ccc(N=Nc2ccc([N+](=O)[O-])cc2)cc1. The highest BCUT2D eigenvalue weighted by Crippen LogP contribution is 2.24. The van der Waals surface area contributed by atoms with Gasteiger partial charge in [0.1, 0.15) is 0 Å². The molecule has 0 saturated heterocycles. The molecule has 0 aliphatic carbocycles. The van der Waals surface area contributed by atoms with Crippen molar-refractivity contribution in [3.8, 4) is 0 Å². The van der Waals surface area contributed by atoms with E-state index in [1.165, 1.54) is 12.1 Å². The second-order valence-electron chi connectivity index (χ2n) is 5.96. The van der Waals surface area contributed by atoms with E-state index in [1.54, 1.807) is 12.1 Å². The molecular formula is C18H20Cl2N4O2. The highest BCUT2D eigenvalue weighted by atomic mass is 35.5. The van der Waals surface area contributed by atoms with E-state index in [0.29, 0.717) is 24.5 Å². The van der Waals surface area contributed by atoms with Gasteiger partial charge in [-0.25, -0.2) is 0 Å². The summed E-state index contributed by atoms with van der Waals surface area (Å²) in [7, 11) is 0. The van der Waals surface area contributed by atoms with E-state index in [2.05, 4.69) is 15.1 Å². The van der Waals surface area contributed by atoms with E-state index in [0.717, 1.165) is 5.69 Å². The molecule has 0 radical (unpaired) electrons. The van der Waals surface area contributed by atoms with Crippen LogP contribution in [0.15, 0.2) is 58.8 Å². The van der Waals surface area contributed by atoms with E-state index in [9.17, 15) is 10.1 Å². The largest absolute Gasteiger partial charge is 0.369 e. The molecule has 2 atom stereocenters. The number of nitro groups is 1. The van der Waals surface area contributed by atoms with Crippen LogP contribution in [0.25, 0.3) is 0 Å². The molecule has 0 N–H and O–H groups in total. The normalized spacial score (nSPS) is 13.5. The van der Waals surface area contributed by atoms with Crippen LogP contribution in [0.5, 0.6) is 0 Å². The van der Waals surface area contributed by atoms with Gasteiger partial charge in [0.25, 0.3) is 5.69 Å². The summed E-state index contributed by atoms with van der Waals surface area (Å²) < 4.78 is 0. The number of anilines is 1. The minimum atomic E-state index is -0.450. The van der Waals surface area contributed by atoms with Gasteiger partial charge in [-0.2, -0.15) is 10.2 Å². The van der Waals surface area contributed by atoms with E-state index in [4.69, 9.17) is 23.2 Å². The van der Waals surface area contributed by atoms with Crippen LogP contribution in [-0.2, 0) is 0 Å². The molecule has 0 aliphatic heterocycles. The lowest BCUT2D eigenvalue weighted by Gasteiger charge is -2.27. The van der Waals surface area contributed by atoms with Crippen LogP contribution in [0.1, 0.15) is 13.8 Å². The summed E-state index contributed by atoms with van der Waals surface area (Å²) in [4.78, 5) is 12.3. The second-order valence-corrected chi connectivity index (χ2v) is 7.45. The van der Waals surface area contributed by atoms with Crippen molar-refractivity contribution < 1.29 is 4.92 Å². The fourth-order valence-corrected chi connectivity index (χ4v) is 2.71. The number of nitrogens with zero attached hydrogens (tertiary/aromatic N) is 4. The molecule has 0 aliphatic rings. The molecule has 0 heterocycles. The minimum absolute atomic E-state index is 0.00641. The zero-order chi connectivity index (χ0) is 19.1. The van der Waals surface area contributed by atoms with Gasteiger partial charge in [0, 0.05) is 41.7 Å². The molecule has 6 nitrogen and oxygen atoms in total. The Morgan fingerprint density at radius 2 is 1.35 bits per heavy atom. The molecule has 8 heteroatoms. The Balaban J connectivity index is 2.08. The molecule has 2 rings (SSSR count). The molecule has 138 valence electrons. The van der Waals surface area contributed by atoms with Gasteiger partial charge in [0.15, 0.2) is 0 Å². The Morgan fingerprint density at radius 1 is 0.923 bits per heavy atom. The summed E-state index contributed by atoms with van der Waals surface area (Å²) in [5.41, 5.74) is 2.27. The lowest BCUT2D eigenvalue weighted by Crippen LogP contribution is -2.33. The molecular weight excluding hydrogens is 375 g/mol. The number of azo groups is 1. The molecule has 0 amide bonds. The van der Waals surface area contributed by atoms with Crippen LogP contribution in [0, 0.1) is 10.1 Å². The number of nitro benzene ring substituents is 1. The molecule has 2 unspecified atom stereocenters. The Kier molecular flexibility index (Phi) is 7.36. The predicted octanol–water partition coefficient (Wildman–Crippen LogP) is 6.07. The summed E-state index contributed by atoms with van der Waals surface area (Å²) in [5.74, 6) is 0. The van der Waals surface area contributed by atoms with Gasteiger partial charge in [0.2, 0.25) is 0 Å². The zero-order valence-corrected chi connectivity index (χ0v) is 16.1. The third-order valence-corrected chi connectivity index (χ3v) is 3.78. The van der Waals surface area contributed by atoms with Crippen molar-refractivity contribution in [3.63, 3.8) is 0 Å². The van der Waals surface area contributed by atoms with Crippen LogP contribution in [0.4, 0.5) is 22.7 Å². The fraction of sp³-hybridized carbons (Fsp3) is 0.333. The molecule has 2 aromatic carbocycles. The van der Waals surface area contributed by atoms with Crippen molar-refractivity contribution in [2.24, 2.45) is 10.2 Å². The van der Waals surface area contributed by atoms with Crippen molar-refractivity contribution in [3.05, 3.63) is 58.6 Å².